The number of nitrogens with zero attached hydrogens (tertiary/aromatic N) is 1. The lowest BCUT2D eigenvalue weighted by Crippen LogP contribution is -2.38. The van der Waals surface area contributed by atoms with E-state index in [4.69, 9.17) is 19.3 Å². The second kappa shape index (κ2) is 7.28. The van der Waals surface area contributed by atoms with Gasteiger partial charge >= 0.3 is 0 Å². The Hall–Kier alpha value is -1.79. The Balaban J connectivity index is 2.07. The van der Waals surface area contributed by atoms with Gasteiger partial charge in [-0.15, -0.1) is 0 Å². The Morgan fingerprint density at radius 1 is 1.24 bits per heavy atom. The molecule has 1 aliphatic rings. The van der Waals surface area contributed by atoms with Crippen molar-refractivity contribution in [3.63, 3.8) is 0 Å². The number of fused-ring (bicyclic) bond motifs is 1. The molecular formula is C15H21NO5. The number of hydrogen-bond acceptors (Lipinski definition) is 5. The van der Waals surface area contributed by atoms with Crippen LogP contribution >= 0.6 is 0 Å². The van der Waals surface area contributed by atoms with Crippen molar-refractivity contribution in [3.05, 3.63) is 23.3 Å². The van der Waals surface area contributed by atoms with E-state index in [9.17, 15) is 4.79 Å². The molecule has 6 nitrogen and oxygen atoms in total. The van der Waals surface area contributed by atoms with Crippen molar-refractivity contribution in [1.29, 1.82) is 0 Å². The minimum Gasteiger partial charge on any atom is -0.493 e. The van der Waals surface area contributed by atoms with Crippen LogP contribution in [0.15, 0.2) is 12.1 Å². The zero-order valence-electron chi connectivity index (χ0n) is 12.4. The number of methoxy groups -OCH3 is 2. The number of aliphatic hydroxyl groups is 1. The Kier molecular flexibility index (Phi) is 5.41. The Morgan fingerprint density at radius 3 is 2.52 bits per heavy atom. The molecule has 0 saturated heterocycles. The molecule has 0 bridgehead atoms. The number of carbonyl (C=O) groups is 1. The number of carbonyl (C=O) groups excluding carboxylic acids is 1. The molecule has 0 fully saturated rings. The van der Waals surface area contributed by atoms with E-state index in [2.05, 4.69) is 0 Å². The summed E-state index contributed by atoms with van der Waals surface area (Å²) in [5.74, 6) is 1.31. The minimum absolute atomic E-state index is 0.00316. The van der Waals surface area contributed by atoms with Crippen LogP contribution in [-0.2, 0) is 22.5 Å². The van der Waals surface area contributed by atoms with Gasteiger partial charge in [-0.05, 0) is 29.7 Å². The lowest BCUT2D eigenvalue weighted by molar-refractivity contribution is -0.137. The third kappa shape index (κ3) is 3.65. The fourth-order valence-electron chi connectivity index (χ4n) is 2.41. The van der Waals surface area contributed by atoms with Crippen LogP contribution in [0.2, 0.25) is 0 Å². The van der Waals surface area contributed by atoms with Gasteiger partial charge in [-0.3, -0.25) is 4.79 Å². The van der Waals surface area contributed by atoms with Crippen molar-refractivity contribution in [1.82, 2.24) is 4.90 Å². The summed E-state index contributed by atoms with van der Waals surface area (Å²) in [6.07, 6.45) is 0.779. The van der Waals surface area contributed by atoms with Crippen LogP contribution in [0.1, 0.15) is 11.1 Å². The molecule has 1 aliphatic heterocycles. The Morgan fingerprint density at radius 2 is 1.90 bits per heavy atom. The van der Waals surface area contributed by atoms with Crippen LogP contribution in [0.4, 0.5) is 0 Å². The highest BCUT2D eigenvalue weighted by Gasteiger charge is 2.22. The summed E-state index contributed by atoms with van der Waals surface area (Å²) in [5, 5.41) is 8.65. The number of benzene rings is 1. The zero-order chi connectivity index (χ0) is 15.2. The van der Waals surface area contributed by atoms with Gasteiger partial charge < -0.3 is 24.2 Å². The molecule has 0 spiro atoms. The minimum atomic E-state index is -0.0763. The molecule has 0 atom stereocenters. The highest BCUT2D eigenvalue weighted by Crippen LogP contribution is 2.33. The van der Waals surface area contributed by atoms with E-state index < -0.39 is 0 Å². The summed E-state index contributed by atoms with van der Waals surface area (Å²) >= 11 is 0. The van der Waals surface area contributed by atoms with Gasteiger partial charge in [-0.1, -0.05) is 0 Å². The first-order valence-electron chi connectivity index (χ1n) is 6.89. The molecule has 1 amide bonds. The molecule has 1 N–H and O–H groups in total. The van der Waals surface area contributed by atoms with E-state index in [1.807, 2.05) is 12.1 Å². The molecule has 0 unspecified atom stereocenters. The molecule has 0 aromatic heterocycles. The predicted molar refractivity (Wildman–Crippen MR) is 76.6 cm³/mol. The lowest BCUT2D eigenvalue weighted by atomic mass is 9.99. The summed E-state index contributed by atoms with van der Waals surface area (Å²) in [6.45, 7) is 1.30. The monoisotopic (exact) mass is 295 g/mol. The van der Waals surface area contributed by atoms with Crippen LogP contribution in [-0.4, -0.2) is 56.5 Å². The molecule has 0 aliphatic carbocycles. The molecule has 1 heterocycles. The molecule has 116 valence electrons. The summed E-state index contributed by atoms with van der Waals surface area (Å²) in [4.78, 5) is 13.8. The Labute approximate surface area is 124 Å². The summed E-state index contributed by atoms with van der Waals surface area (Å²) in [6, 6.07) is 3.89. The first-order valence-corrected chi connectivity index (χ1v) is 6.89. The van der Waals surface area contributed by atoms with Crippen molar-refractivity contribution in [2.75, 3.05) is 40.6 Å². The third-order valence-corrected chi connectivity index (χ3v) is 3.53. The van der Waals surface area contributed by atoms with Crippen LogP contribution in [0.3, 0.4) is 0 Å². The number of amides is 1. The highest BCUT2D eigenvalue weighted by molar-refractivity contribution is 5.77. The number of rotatable bonds is 6. The largest absolute Gasteiger partial charge is 0.493 e. The quantitative estimate of drug-likeness (QED) is 0.778. The molecule has 0 radical (unpaired) electrons. The van der Waals surface area contributed by atoms with Gasteiger partial charge in [0.1, 0.15) is 6.61 Å². The standard InChI is InChI=1S/C15H21NO5/c1-19-13-7-11-3-4-16(15(18)10-21-6-5-17)9-12(11)8-14(13)20-2/h7-8,17H,3-6,9-10H2,1-2H3. The fraction of sp³-hybridized carbons (Fsp3) is 0.533. The van der Waals surface area contributed by atoms with Crippen LogP contribution in [0.5, 0.6) is 11.5 Å². The van der Waals surface area contributed by atoms with Crippen LogP contribution < -0.4 is 9.47 Å². The molecule has 0 saturated carbocycles. The molecular weight excluding hydrogens is 274 g/mol. The summed E-state index contributed by atoms with van der Waals surface area (Å²) < 4.78 is 15.7. The predicted octanol–water partition coefficient (Wildman–Crippen LogP) is 0.597. The Bertz CT molecular complexity index is 503. The maximum atomic E-state index is 12.0. The van der Waals surface area contributed by atoms with Gasteiger partial charge in [0.25, 0.3) is 0 Å². The second-order valence-corrected chi connectivity index (χ2v) is 4.82. The van der Waals surface area contributed by atoms with Gasteiger partial charge in [-0.25, -0.2) is 0 Å². The number of ether oxygens (including phenoxy) is 3. The zero-order valence-corrected chi connectivity index (χ0v) is 12.4. The SMILES string of the molecule is COc1cc2c(cc1OC)CN(C(=O)COCCO)CC2. The van der Waals surface area contributed by atoms with Crippen molar-refractivity contribution >= 4 is 5.91 Å². The molecule has 2 rings (SSSR count). The average Bonchev–Trinajstić information content (AvgIpc) is 2.52. The molecule has 1 aromatic carbocycles. The van der Waals surface area contributed by atoms with Crippen molar-refractivity contribution in [2.45, 2.75) is 13.0 Å². The summed E-state index contributed by atoms with van der Waals surface area (Å²) in [7, 11) is 3.21. The lowest BCUT2D eigenvalue weighted by Gasteiger charge is -2.29. The van der Waals surface area contributed by atoms with Gasteiger partial charge in [-0.2, -0.15) is 0 Å². The van der Waals surface area contributed by atoms with Gasteiger partial charge in [0, 0.05) is 13.1 Å². The first-order chi connectivity index (χ1) is 10.2. The maximum Gasteiger partial charge on any atom is 0.248 e. The first kappa shape index (κ1) is 15.6. The highest BCUT2D eigenvalue weighted by atomic mass is 16.5. The van der Waals surface area contributed by atoms with Gasteiger partial charge in [0.15, 0.2) is 11.5 Å². The van der Waals surface area contributed by atoms with E-state index in [-0.39, 0.29) is 25.7 Å². The van der Waals surface area contributed by atoms with Crippen LogP contribution in [0.25, 0.3) is 0 Å². The third-order valence-electron chi connectivity index (χ3n) is 3.53. The van der Waals surface area contributed by atoms with Crippen molar-refractivity contribution in [3.8, 4) is 11.5 Å². The molecule has 6 heteroatoms. The van der Waals surface area contributed by atoms with Crippen molar-refractivity contribution in [2.24, 2.45) is 0 Å². The number of aliphatic hydroxyl groups excluding tert-OH is 1. The number of hydrogen-bond donors (Lipinski definition) is 1. The summed E-state index contributed by atoms with van der Waals surface area (Å²) in [5.41, 5.74) is 2.24. The van der Waals surface area contributed by atoms with E-state index in [0.29, 0.717) is 24.6 Å². The second-order valence-electron chi connectivity index (χ2n) is 4.82. The van der Waals surface area contributed by atoms with E-state index in [1.165, 1.54) is 5.56 Å². The fourth-order valence-corrected chi connectivity index (χ4v) is 2.41. The molecule has 1 aromatic rings. The average molecular weight is 295 g/mol. The van der Waals surface area contributed by atoms with Crippen molar-refractivity contribution < 1.29 is 24.1 Å². The normalized spacial score (nSPS) is 13.8. The van der Waals surface area contributed by atoms with E-state index in [0.717, 1.165) is 12.0 Å². The topological polar surface area (TPSA) is 68.2 Å². The van der Waals surface area contributed by atoms with E-state index >= 15 is 0 Å². The van der Waals surface area contributed by atoms with E-state index in [1.54, 1.807) is 19.1 Å². The molecule has 21 heavy (non-hydrogen) atoms. The maximum absolute atomic E-state index is 12.0. The van der Waals surface area contributed by atoms with Crippen LogP contribution in [0, 0.1) is 0 Å². The smallest absolute Gasteiger partial charge is 0.248 e. The van der Waals surface area contributed by atoms with Gasteiger partial charge in [0.2, 0.25) is 5.91 Å². The van der Waals surface area contributed by atoms with Gasteiger partial charge in [0.05, 0.1) is 27.4 Å².